The molecule has 1 aromatic carbocycles. The Bertz CT molecular complexity index is 630. The Kier molecular flexibility index (Phi) is 5.10. The van der Waals surface area contributed by atoms with Crippen LogP contribution in [0.15, 0.2) is 36.7 Å². The summed E-state index contributed by atoms with van der Waals surface area (Å²) >= 11 is 5.95. The third-order valence-corrected chi connectivity index (χ3v) is 4.14. The number of hydrogen-bond acceptors (Lipinski definition) is 5. The van der Waals surface area contributed by atoms with Gasteiger partial charge in [-0.3, -0.25) is 4.90 Å². The first-order chi connectivity index (χ1) is 11.1. The highest BCUT2D eigenvalue weighted by Crippen LogP contribution is 2.24. The van der Waals surface area contributed by atoms with E-state index in [1.165, 1.54) is 5.56 Å². The van der Waals surface area contributed by atoms with Crippen LogP contribution < -0.4 is 4.90 Å². The van der Waals surface area contributed by atoms with Crippen molar-refractivity contribution in [3.63, 3.8) is 0 Å². The molecule has 1 atom stereocenters. The zero-order valence-electron chi connectivity index (χ0n) is 13.4. The minimum absolute atomic E-state index is 0.0861. The summed E-state index contributed by atoms with van der Waals surface area (Å²) in [5.74, 6) is 0.731. The number of benzene rings is 1. The first kappa shape index (κ1) is 16.2. The minimum Gasteiger partial charge on any atom is -0.371 e. The molecule has 0 aliphatic carbocycles. The Morgan fingerprint density at radius 2 is 1.91 bits per heavy atom. The molecule has 6 heteroatoms. The highest BCUT2D eigenvalue weighted by Gasteiger charge is 2.22. The van der Waals surface area contributed by atoms with Crippen LogP contribution in [0.5, 0.6) is 0 Å². The van der Waals surface area contributed by atoms with E-state index in [0.717, 1.165) is 42.8 Å². The zero-order chi connectivity index (χ0) is 16.2. The molecule has 1 aliphatic heterocycles. The van der Waals surface area contributed by atoms with Crippen LogP contribution in [-0.4, -0.2) is 48.7 Å². The average molecular weight is 333 g/mol. The number of anilines is 1. The monoisotopic (exact) mass is 332 g/mol. The summed E-state index contributed by atoms with van der Waals surface area (Å²) in [6, 6.07) is 7.89. The van der Waals surface area contributed by atoms with Crippen molar-refractivity contribution < 1.29 is 4.74 Å². The summed E-state index contributed by atoms with van der Waals surface area (Å²) in [5, 5.41) is 0.750. The summed E-state index contributed by atoms with van der Waals surface area (Å²) in [6.07, 6.45) is 3.88. The summed E-state index contributed by atoms with van der Waals surface area (Å²) in [4.78, 5) is 13.0. The van der Waals surface area contributed by atoms with E-state index in [4.69, 9.17) is 16.3 Å². The Balaban J connectivity index is 1.63. The lowest BCUT2D eigenvalue weighted by Gasteiger charge is -2.33. The lowest BCUT2D eigenvalue weighted by atomic mass is 10.1. The molecule has 1 aromatic heterocycles. The summed E-state index contributed by atoms with van der Waals surface area (Å²) in [5.41, 5.74) is 2.28. The van der Waals surface area contributed by atoms with Gasteiger partial charge in [-0.15, -0.1) is 0 Å². The minimum atomic E-state index is 0.0861. The van der Waals surface area contributed by atoms with Crippen molar-refractivity contribution in [3.8, 4) is 0 Å². The molecule has 3 rings (SSSR count). The molecule has 0 amide bonds. The van der Waals surface area contributed by atoms with Crippen LogP contribution >= 0.6 is 11.6 Å². The molecular formula is C17H21ClN4O. The molecule has 5 nitrogen and oxygen atoms in total. The van der Waals surface area contributed by atoms with Gasteiger partial charge in [0.1, 0.15) is 0 Å². The van der Waals surface area contributed by atoms with Gasteiger partial charge in [-0.2, -0.15) is 0 Å². The molecule has 2 aromatic rings. The van der Waals surface area contributed by atoms with E-state index >= 15 is 0 Å². The van der Waals surface area contributed by atoms with Crippen molar-refractivity contribution in [3.05, 3.63) is 52.8 Å². The van der Waals surface area contributed by atoms with Crippen LogP contribution in [0.25, 0.3) is 0 Å². The van der Waals surface area contributed by atoms with E-state index in [2.05, 4.69) is 14.9 Å². The average Bonchev–Trinajstić information content (AvgIpc) is 2.56. The van der Waals surface area contributed by atoms with Gasteiger partial charge in [0.05, 0.1) is 12.7 Å². The molecule has 1 aliphatic rings. The largest absolute Gasteiger partial charge is 0.371 e. The Hall–Kier alpha value is -1.69. The van der Waals surface area contributed by atoms with E-state index in [1.807, 2.05) is 55.7 Å². The number of halogens is 1. The zero-order valence-corrected chi connectivity index (χ0v) is 14.2. The summed E-state index contributed by atoms with van der Waals surface area (Å²) in [6.45, 7) is 3.33. The predicted octanol–water partition coefficient (Wildman–Crippen LogP) is 2.77. The van der Waals surface area contributed by atoms with Crippen LogP contribution in [0.4, 0.5) is 5.95 Å². The topological polar surface area (TPSA) is 41.5 Å². The van der Waals surface area contributed by atoms with Crippen molar-refractivity contribution >= 4 is 17.5 Å². The number of aromatic nitrogens is 2. The fourth-order valence-corrected chi connectivity index (χ4v) is 2.77. The molecule has 2 heterocycles. The van der Waals surface area contributed by atoms with E-state index in [0.29, 0.717) is 0 Å². The second-order valence-electron chi connectivity index (χ2n) is 5.93. The van der Waals surface area contributed by atoms with Gasteiger partial charge in [0.2, 0.25) is 5.95 Å². The molecule has 122 valence electrons. The Morgan fingerprint density at radius 3 is 2.57 bits per heavy atom. The lowest BCUT2D eigenvalue weighted by Crippen LogP contribution is -2.37. The second kappa shape index (κ2) is 7.25. The molecule has 0 radical (unpaired) electrons. The van der Waals surface area contributed by atoms with Gasteiger partial charge < -0.3 is 9.64 Å². The first-order valence-corrected chi connectivity index (χ1v) is 8.07. The number of hydrogen-bond donors (Lipinski definition) is 0. The third kappa shape index (κ3) is 4.19. The Labute approximate surface area is 141 Å². The Morgan fingerprint density at radius 1 is 1.22 bits per heavy atom. The second-order valence-corrected chi connectivity index (χ2v) is 6.37. The third-order valence-electron chi connectivity index (χ3n) is 3.89. The summed E-state index contributed by atoms with van der Waals surface area (Å²) < 4.78 is 5.90. The maximum atomic E-state index is 5.95. The molecule has 0 bridgehead atoms. The highest BCUT2D eigenvalue weighted by atomic mass is 35.5. The van der Waals surface area contributed by atoms with Crippen molar-refractivity contribution in [2.45, 2.75) is 12.6 Å². The number of rotatable bonds is 4. The van der Waals surface area contributed by atoms with Crippen molar-refractivity contribution in [2.24, 2.45) is 0 Å². The van der Waals surface area contributed by atoms with Crippen LogP contribution in [0, 0.1) is 0 Å². The van der Waals surface area contributed by atoms with E-state index in [1.54, 1.807) is 0 Å². The highest BCUT2D eigenvalue weighted by molar-refractivity contribution is 6.30. The van der Waals surface area contributed by atoms with Gasteiger partial charge >= 0.3 is 0 Å². The van der Waals surface area contributed by atoms with Crippen LogP contribution in [0.2, 0.25) is 5.02 Å². The van der Waals surface area contributed by atoms with Crippen LogP contribution in [0.1, 0.15) is 17.2 Å². The molecule has 1 saturated heterocycles. The lowest BCUT2D eigenvalue weighted by molar-refractivity contribution is -0.0329. The number of nitrogens with zero attached hydrogens (tertiary/aromatic N) is 4. The smallest absolute Gasteiger partial charge is 0.224 e. The molecular weight excluding hydrogens is 312 g/mol. The molecule has 0 N–H and O–H groups in total. The fourth-order valence-electron chi connectivity index (χ4n) is 2.64. The molecule has 0 spiro atoms. The van der Waals surface area contributed by atoms with Crippen LogP contribution in [-0.2, 0) is 11.3 Å². The van der Waals surface area contributed by atoms with Crippen molar-refractivity contribution in [1.29, 1.82) is 0 Å². The van der Waals surface area contributed by atoms with Crippen LogP contribution in [0.3, 0.4) is 0 Å². The van der Waals surface area contributed by atoms with Gasteiger partial charge in [-0.05, 0) is 17.7 Å². The first-order valence-electron chi connectivity index (χ1n) is 7.69. The predicted molar refractivity (Wildman–Crippen MR) is 91.8 cm³/mol. The molecule has 0 saturated carbocycles. The van der Waals surface area contributed by atoms with E-state index < -0.39 is 0 Å². The van der Waals surface area contributed by atoms with E-state index in [-0.39, 0.29) is 6.10 Å². The summed E-state index contributed by atoms with van der Waals surface area (Å²) in [7, 11) is 3.88. The van der Waals surface area contributed by atoms with Gasteiger partial charge in [-0.1, -0.05) is 23.7 Å². The van der Waals surface area contributed by atoms with Gasteiger partial charge in [0.15, 0.2) is 0 Å². The number of morpholine rings is 1. The quantitative estimate of drug-likeness (QED) is 0.861. The van der Waals surface area contributed by atoms with E-state index in [9.17, 15) is 0 Å². The fraction of sp³-hybridized carbons (Fsp3) is 0.412. The maximum absolute atomic E-state index is 5.95. The van der Waals surface area contributed by atoms with Crippen molar-refractivity contribution in [1.82, 2.24) is 14.9 Å². The SMILES string of the molecule is CN(C)c1ncc(CN2CCOC(c3ccc(Cl)cc3)C2)cn1. The standard InChI is InChI=1S/C17H21ClN4O/c1-21(2)17-19-9-13(10-20-17)11-22-7-8-23-16(12-22)14-3-5-15(18)6-4-14/h3-6,9-10,16H,7-8,11-12H2,1-2H3. The van der Waals surface area contributed by atoms with Gasteiger partial charge in [0, 0.05) is 56.7 Å². The molecule has 1 unspecified atom stereocenters. The molecule has 23 heavy (non-hydrogen) atoms. The van der Waals surface area contributed by atoms with Crippen molar-refractivity contribution in [2.75, 3.05) is 38.7 Å². The molecule has 1 fully saturated rings. The number of ether oxygens (including phenoxy) is 1. The normalized spacial score (nSPS) is 18.8. The van der Waals surface area contributed by atoms with Gasteiger partial charge in [0.25, 0.3) is 0 Å². The van der Waals surface area contributed by atoms with Gasteiger partial charge in [-0.25, -0.2) is 9.97 Å². The maximum Gasteiger partial charge on any atom is 0.224 e.